The summed E-state index contributed by atoms with van der Waals surface area (Å²) in [6.07, 6.45) is 4.91. The van der Waals surface area contributed by atoms with E-state index in [1.807, 2.05) is 11.8 Å². The van der Waals surface area contributed by atoms with E-state index in [4.69, 9.17) is 25.6 Å². The van der Waals surface area contributed by atoms with Crippen LogP contribution in [-0.4, -0.2) is 47.8 Å². The number of nitrogens with zero attached hydrogens (tertiary/aromatic N) is 3. The summed E-state index contributed by atoms with van der Waals surface area (Å²) in [7, 11) is 1.56. The van der Waals surface area contributed by atoms with Crippen molar-refractivity contribution < 1.29 is 18.8 Å². The maximum atomic E-state index is 12.5. The van der Waals surface area contributed by atoms with E-state index in [1.54, 1.807) is 38.3 Å². The molecule has 1 amide bonds. The van der Waals surface area contributed by atoms with Crippen molar-refractivity contribution in [2.45, 2.75) is 32.6 Å². The van der Waals surface area contributed by atoms with Crippen LogP contribution in [0.3, 0.4) is 0 Å². The van der Waals surface area contributed by atoms with Crippen LogP contribution in [0.4, 0.5) is 0 Å². The van der Waals surface area contributed by atoms with E-state index in [0.717, 1.165) is 18.4 Å². The number of carbonyl (C=O) groups is 1. The summed E-state index contributed by atoms with van der Waals surface area (Å²) < 4.78 is 16.1. The Bertz CT molecular complexity index is 857. The zero-order valence-electron chi connectivity index (χ0n) is 16.3. The molecule has 1 aromatic heterocycles. The second kappa shape index (κ2) is 9.10. The van der Waals surface area contributed by atoms with Crippen LogP contribution in [0.25, 0.3) is 6.08 Å². The van der Waals surface area contributed by atoms with Crippen molar-refractivity contribution in [1.29, 1.82) is 0 Å². The highest BCUT2D eigenvalue weighted by Crippen LogP contribution is 2.36. The smallest absolute Gasteiger partial charge is 0.246 e. The Labute approximate surface area is 169 Å². The molecule has 8 heteroatoms. The summed E-state index contributed by atoms with van der Waals surface area (Å²) in [4.78, 5) is 18.6. The predicted molar refractivity (Wildman–Crippen MR) is 106 cm³/mol. The molecule has 1 saturated heterocycles. The molecule has 0 saturated carbocycles. The molecule has 1 aromatic carbocycles. The first-order chi connectivity index (χ1) is 13.5. The lowest BCUT2D eigenvalue weighted by Crippen LogP contribution is -2.36. The van der Waals surface area contributed by atoms with Gasteiger partial charge in [-0.05, 0) is 50.5 Å². The maximum absolute atomic E-state index is 12.5. The number of aryl methyl sites for hydroxylation is 1. The number of hydrogen-bond acceptors (Lipinski definition) is 6. The van der Waals surface area contributed by atoms with E-state index in [0.29, 0.717) is 47.9 Å². The quantitative estimate of drug-likeness (QED) is 0.679. The van der Waals surface area contributed by atoms with Gasteiger partial charge in [0.05, 0.1) is 18.7 Å². The molecule has 0 atom stereocenters. The summed E-state index contributed by atoms with van der Waals surface area (Å²) in [6, 6.07) is 3.55. The van der Waals surface area contributed by atoms with Gasteiger partial charge in [-0.1, -0.05) is 16.8 Å². The number of carbonyl (C=O) groups excluding carboxylic acids is 1. The van der Waals surface area contributed by atoms with Crippen LogP contribution in [0.15, 0.2) is 22.7 Å². The molecule has 28 heavy (non-hydrogen) atoms. The lowest BCUT2D eigenvalue weighted by Gasteiger charge is -2.29. The molecule has 0 aliphatic carbocycles. The van der Waals surface area contributed by atoms with Gasteiger partial charge in [-0.2, -0.15) is 4.98 Å². The van der Waals surface area contributed by atoms with Crippen LogP contribution >= 0.6 is 11.6 Å². The molecular formula is C20H24ClN3O4. The lowest BCUT2D eigenvalue weighted by atomic mass is 9.96. The van der Waals surface area contributed by atoms with Crippen molar-refractivity contribution in [2.75, 3.05) is 26.8 Å². The predicted octanol–water partition coefficient (Wildman–Crippen LogP) is 3.86. The van der Waals surface area contributed by atoms with Crippen LogP contribution in [0.2, 0.25) is 5.02 Å². The van der Waals surface area contributed by atoms with Gasteiger partial charge in [-0.15, -0.1) is 0 Å². The van der Waals surface area contributed by atoms with Crippen LogP contribution < -0.4 is 9.47 Å². The Balaban J connectivity index is 1.62. The van der Waals surface area contributed by atoms with Crippen molar-refractivity contribution in [3.05, 3.63) is 40.5 Å². The van der Waals surface area contributed by atoms with Crippen molar-refractivity contribution in [2.24, 2.45) is 0 Å². The third kappa shape index (κ3) is 4.65. The molecule has 1 fully saturated rings. The molecule has 3 rings (SSSR count). The molecule has 0 unspecified atom stereocenters. The number of aromatic nitrogens is 2. The van der Waals surface area contributed by atoms with Crippen LogP contribution in [0, 0.1) is 6.92 Å². The largest absolute Gasteiger partial charge is 0.493 e. The number of amides is 1. The monoisotopic (exact) mass is 405 g/mol. The van der Waals surface area contributed by atoms with Gasteiger partial charge in [-0.3, -0.25) is 4.79 Å². The average Bonchev–Trinajstić information content (AvgIpc) is 3.14. The summed E-state index contributed by atoms with van der Waals surface area (Å²) in [5.41, 5.74) is 0.773. The van der Waals surface area contributed by atoms with Crippen molar-refractivity contribution in [3.63, 3.8) is 0 Å². The molecule has 2 heterocycles. The highest BCUT2D eigenvalue weighted by atomic mass is 35.5. The number of benzene rings is 1. The highest BCUT2D eigenvalue weighted by Gasteiger charge is 2.26. The normalized spacial score (nSPS) is 15.2. The number of hydrogen-bond donors (Lipinski definition) is 0. The molecule has 150 valence electrons. The number of methoxy groups -OCH3 is 1. The minimum absolute atomic E-state index is 0.0378. The molecular weight excluding hydrogens is 382 g/mol. The maximum Gasteiger partial charge on any atom is 0.246 e. The first kappa shape index (κ1) is 20.2. The Hall–Kier alpha value is -2.54. The van der Waals surface area contributed by atoms with E-state index >= 15 is 0 Å². The van der Waals surface area contributed by atoms with Gasteiger partial charge in [0, 0.05) is 25.1 Å². The lowest BCUT2D eigenvalue weighted by molar-refractivity contribution is -0.127. The molecule has 1 aliphatic heterocycles. The minimum Gasteiger partial charge on any atom is -0.493 e. The number of halogens is 1. The summed E-state index contributed by atoms with van der Waals surface area (Å²) in [6.45, 7) is 5.48. The number of rotatable bonds is 6. The van der Waals surface area contributed by atoms with Crippen LogP contribution in [0.1, 0.15) is 43.0 Å². The Kier molecular flexibility index (Phi) is 6.57. The van der Waals surface area contributed by atoms with Crippen LogP contribution in [0.5, 0.6) is 11.5 Å². The second-order valence-electron chi connectivity index (χ2n) is 6.58. The van der Waals surface area contributed by atoms with E-state index in [2.05, 4.69) is 10.1 Å². The fourth-order valence-electron chi connectivity index (χ4n) is 3.22. The molecule has 0 radical (unpaired) electrons. The number of piperidine rings is 1. The second-order valence-corrected chi connectivity index (χ2v) is 6.99. The van der Waals surface area contributed by atoms with Gasteiger partial charge in [0.2, 0.25) is 11.8 Å². The van der Waals surface area contributed by atoms with Crippen molar-refractivity contribution >= 4 is 23.6 Å². The number of ether oxygens (including phenoxy) is 2. The number of likely N-dealkylation sites (tertiary alicyclic amines) is 1. The topological polar surface area (TPSA) is 77.7 Å². The Morgan fingerprint density at radius 3 is 2.75 bits per heavy atom. The molecule has 0 spiro atoms. The van der Waals surface area contributed by atoms with E-state index < -0.39 is 0 Å². The minimum atomic E-state index is -0.0378. The fourth-order valence-corrected chi connectivity index (χ4v) is 3.49. The first-order valence-corrected chi connectivity index (χ1v) is 9.67. The summed E-state index contributed by atoms with van der Waals surface area (Å²) in [5, 5.41) is 4.29. The van der Waals surface area contributed by atoms with E-state index in [1.165, 1.54) is 0 Å². The van der Waals surface area contributed by atoms with Crippen molar-refractivity contribution in [1.82, 2.24) is 15.0 Å². The molecule has 0 bridgehead atoms. The zero-order valence-corrected chi connectivity index (χ0v) is 17.0. The summed E-state index contributed by atoms with van der Waals surface area (Å²) in [5.74, 6) is 2.52. The Morgan fingerprint density at radius 2 is 2.14 bits per heavy atom. The standard InChI is InChI=1S/C20H24ClN3O4/c1-4-27-19-16(21)11-14(12-17(19)26-3)5-6-18(25)24-9-7-15(8-10-24)20-22-13(2)23-28-20/h5-6,11-12,15H,4,7-10H2,1-3H3. The van der Waals surface area contributed by atoms with E-state index in [-0.39, 0.29) is 11.8 Å². The summed E-state index contributed by atoms with van der Waals surface area (Å²) >= 11 is 6.28. The molecule has 0 N–H and O–H groups in total. The highest BCUT2D eigenvalue weighted by molar-refractivity contribution is 6.32. The van der Waals surface area contributed by atoms with Gasteiger partial charge in [0.1, 0.15) is 0 Å². The SMILES string of the molecule is CCOc1c(Cl)cc(C=CC(=O)N2CCC(c3nc(C)no3)CC2)cc1OC. The van der Waals surface area contributed by atoms with E-state index in [9.17, 15) is 4.79 Å². The fraction of sp³-hybridized carbons (Fsp3) is 0.450. The van der Waals surface area contributed by atoms with Gasteiger partial charge in [0.25, 0.3) is 0 Å². The zero-order chi connectivity index (χ0) is 20.1. The molecule has 2 aromatic rings. The Morgan fingerprint density at radius 1 is 1.39 bits per heavy atom. The van der Waals surface area contributed by atoms with Crippen molar-refractivity contribution in [3.8, 4) is 11.5 Å². The third-order valence-corrected chi connectivity index (χ3v) is 4.94. The van der Waals surface area contributed by atoms with Crippen LogP contribution in [-0.2, 0) is 4.79 Å². The third-order valence-electron chi connectivity index (χ3n) is 4.66. The van der Waals surface area contributed by atoms with Gasteiger partial charge in [0.15, 0.2) is 17.3 Å². The molecule has 7 nitrogen and oxygen atoms in total. The average molecular weight is 406 g/mol. The van der Waals surface area contributed by atoms with Gasteiger partial charge in [-0.25, -0.2) is 0 Å². The van der Waals surface area contributed by atoms with Gasteiger partial charge >= 0.3 is 0 Å². The van der Waals surface area contributed by atoms with Gasteiger partial charge < -0.3 is 18.9 Å². The first-order valence-electron chi connectivity index (χ1n) is 9.29. The molecule has 1 aliphatic rings.